The number of rotatable bonds is 5. The lowest BCUT2D eigenvalue weighted by Crippen LogP contribution is -2.40. The number of pyridine rings is 2. The number of fused-ring (bicyclic) bond motifs is 6. The van der Waals surface area contributed by atoms with Crippen LogP contribution in [0.3, 0.4) is 0 Å². The SMILES string of the molecule is c1cc2c(cn1)c1cnccc1c1sc(N3CCC(OCCN4CCOCC4)CC3)nc21. The number of morpholine rings is 1. The predicted molar refractivity (Wildman–Crippen MR) is 129 cm³/mol. The van der Waals surface area contributed by atoms with Crippen LogP contribution in [0.25, 0.3) is 31.8 Å². The molecule has 6 rings (SSSR count). The molecule has 0 spiro atoms. The van der Waals surface area contributed by atoms with Crippen molar-refractivity contribution in [3.63, 3.8) is 0 Å². The first-order valence-corrected chi connectivity index (χ1v) is 12.2. The lowest BCUT2D eigenvalue weighted by atomic mass is 10.0. The second kappa shape index (κ2) is 8.86. The number of ether oxygens (including phenoxy) is 2. The first kappa shape index (κ1) is 20.2. The van der Waals surface area contributed by atoms with E-state index in [2.05, 4.69) is 31.9 Å². The van der Waals surface area contributed by atoms with Gasteiger partial charge in [-0.25, -0.2) is 4.98 Å². The van der Waals surface area contributed by atoms with Gasteiger partial charge in [0.25, 0.3) is 0 Å². The predicted octanol–water partition coefficient (Wildman–Crippen LogP) is 3.71. The summed E-state index contributed by atoms with van der Waals surface area (Å²) in [5.41, 5.74) is 1.07. The second-order valence-electron chi connectivity index (χ2n) is 8.53. The highest BCUT2D eigenvalue weighted by Crippen LogP contribution is 2.40. The van der Waals surface area contributed by atoms with Crippen LogP contribution in [0.4, 0.5) is 5.13 Å². The Labute approximate surface area is 191 Å². The summed E-state index contributed by atoms with van der Waals surface area (Å²) in [5.74, 6) is 0. The summed E-state index contributed by atoms with van der Waals surface area (Å²) < 4.78 is 12.9. The average molecular weight is 450 g/mol. The molecule has 1 aromatic carbocycles. The van der Waals surface area contributed by atoms with Crippen molar-refractivity contribution in [1.82, 2.24) is 19.9 Å². The molecule has 32 heavy (non-hydrogen) atoms. The highest BCUT2D eigenvalue weighted by Gasteiger charge is 2.23. The molecule has 0 amide bonds. The Balaban J connectivity index is 1.18. The highest BCUT2D eigenvalue weighted by atomic mass is 32.1. The summed E-state index contributed by atoms with van der Waals surface area (Å²) in [5, 5.41) is 5.73. The van der Waals surface area contributed by atoms with Gasteiger partial charge in [0.15, 0.2) is 5.13 Å². The summed E-state index contributed by atoms with van der Waals surface area (Å²) in [4.78, 5) is 18.6. The lowest BCUT2D eigenvalue weighted by Gasteiger charge is -2.32. The Hall–Kier alpha value is -2.39. The zero-order chi connectivity index (χ0) is 21.3. The number of nitrogens with zero attached hydrogens (tertiary/aromatic N) is 5. The molecular weight excluding hydrogens is 422 g/mol. The highest BCUT2D eigenvalue weighted by molar-refractivity contribution is 7.23. The fourth-order valence-corrected chi connectivity index (χ4v) is 5.99. The monoisotopic (exact) mass is 449 g/mol. The van der Waals surface area contributed by atoms with Gasteiger partial charge in [0.1, 0.15) is 0 Å². The third kappa shape index (κ3) is 3.81. The van der Waals surface area contributed by atoms with Crippen molar-refractivity contribution in [3.05, 3.63) is 36.9 Å². The van der Waals surface area contributed by atoms with Crippen LogP contribution in [0.2, 0.25) is 0 Å². The molecule has 3 aromatic heterocycles. The molecule has 5 heterocycles. The number of aromatic nitrogens is 3. The molecule has 2 aliphatic rings. The van der Waals surface area contributed by atoms with Crippen LogP contribution in [0.15, 0.2) is 36.9 Å². The molecule has 4 aromatic rings. The van der Waals surface area contributed by atoms with Crippen molar-refractivity contribution in [2.75, 3.05) is 57.4 Å². The topological polar surface area (TPSA) is 63.6 Å². The number of thiazole rings is 1. The number of piperidine rings is 1. The zero-order valence-corrected chi connectivity index (χ0v) is 18.9. The quantitative estimate of drug-likeness (QED) is 0.431. The van der Waals surface area contributed by atoms with Crippen LogP contribution < -0.4 is 4.90 Å². The maximum absolute atomic E-state index is 6.20. The van der Waals surface area contributed by atoms with E-state index in [1.54, 1.807) is 11.3 Å². The van der Waals surface area contributed by atoms with Gasteiger partial charge in [0.05, 0.1) is 36.1 Å². The Morgan fingerprint density at radius 3 is 2.44 bits per heavy atom. The van der Waals surface area contributed by atoms with Gasteiger partial charge in [-0.05, 0) is 25.0 Å². The molecule has 0 radical (unpaired) electrons. The Morgan fingerprint density at radius 1 is 0.938 bits per heavy atom. The molecule has 0 aliphatic carbocycles. The van der Waals surface area contributed by atoms with Gasteiger partial charge in [-0.3, -0.25) is 14.9 Å². The number of benzene rings is 1. The van der Waals surface area contributed by atoms with Crippen molar-refractivity contribution < 1.29 is 9.47 Å². The van der Waals surface area contributed by atoms with Crippen molar-refractivity contribution >= 4 is 48.2 Å². The number of hydrogen-bond donors (Lipinski definition) is 0. The van der Waals surface area contributed by atoms with Crippen LogP contribution in [-0.4, -0.2) is 78.5 Å². The summed E-state index contributed by atoms with van der Waals surface area (Å²) in [7, 11) is 0. The number of anilines is 1. The molecular formula is C24H27N5O2S. The molecule has 7 nitrogen and oxygen atoms in total. The molecule has 2 saturated heterocycles. The lowest BCUT2D eigenvalue weighted by molar-refractivity contribution is -0.00444. The fourth-order valence-electron chi connectivity index (χ4n) is 4.82. The maximum atomic E-state index is 6.20. The number of hydrogen-bond acceptors (Lipinski definition) is 8. The molecule has 0 bridgehead atoms. The second-order valence-corrected chi connectivity index (χ2v) is 9.51. The van der Waals surface area contributed by atoms with Crippen LogP contribution in [0.5, 0.6) is 0 Å². The van der Waals surface area contributed by atoms with Gasteiger partial charge in [0, 0.05) is 79.1 Å². The smallest absolute Gasteiger partial charge is 0.186 e. The van der Waals surface area contributed by atoms with E-state index in [-0.39, 0.29) is 0 Å². The molecule has 0 N–H and O–H groups in total. The molecule has 166 valence electrons. The third-order valence-electron chi connectivity index (χ3n) is 6.63. The fraction of sp³-hybridized carbons (Fsp3) is 0.458. The van der Waals surface area contributed by atoms with E-state index in [4.69, 9.17) is 14.5 Å². The van der Waals surface area contributed by atoms with Crippen LogP contribution in [0, 0.1) is 0 Å². The van der Waals surface area contributed by atoms with E-state index in [1.165, 1.54) is 10.1 Å². The van der Waals surface area contributed by atoms with Crippen LogP contribution in [0.1, 0.15) is 12.8 Å². The molecule has 8 heteroatoms. The van der Waals surface area contributed by atoms with Crippen molar-refractivity contribution in [3.8, 4) is 0 Å². The van der Waals surface area contributed by atoms with E-state index < -0.39 is 0 Å². The van der Waals surface area contributed by atoms with Gasteiger partial charge >= 0.3 is 0 Å². The van der Waals surface area contributed by atoms with Gasteiger partial charge in [-0.1, -0.05) is 11.3 Å². The average Bonchev–Trinajstić information content (AvgIpc) is 3.31. The maximum Gasteiger partial charge on any atom is 0.186 e. The van der Waals surface area contributed by atoms with E-state index in [0.717, 1.165) is 92.2 Å². The van der Waals surface area contributed by atoms with Crippen LogP contribution in [-0.2, 0) is 9.47 Å². The Morgan fingerprint density at radius 2 is 1.66 bits per heavy atom. The zero-order valence-electron chi connectivity index (χ0n) is 18.1. The van der Waals surface area contributed by atoms with Crippen LogP contribution >= 0.6 is 11.3 Å². The van der Waals surface area contributed by atoms with Gasteiger partial charge in [0.2, 0.25) is 0 Å². The third-order valence-corrected chi connectivity index (χ3v) is 7.77. The van der Waals surface area contributed by atoms with E-state index in [0.29, 0.717) is 6.10 Å². The molecule has 2 fully saturated rings. The molecule has 0 atom stereocenters. The summed E-state index contributed by atoms with van der Waals surface area (Å²) in [6.45, 7) is 7.53. The standard InChI is InChI=1S/C24H27N5O2S/c1-5-25-15-20-18(1)22-23(19-2-6-26-16-21(19)20)32-24(27-22)29-7-3-17(4-8-29)31-14-11-28-9-12-30-13-10-28/h1-2,5-6,15-17H,3-4,7-14H2. The van der Waals surface area contributed by atoms with Gasteiger partial charge in [-0.15, -0.1) is 0 Å². The van der Waals surface area contributed by atoms with E-state index >= 15 is 0 Å². The summed E-state index contributed by atoms with van der Waals surface area (Å²) in [6, 6.07) is 4.17. The minimum atomic E-state index is 0.348. The Bertz CT molecular complexity index is 1160. The van der Waals surface area contributed by atoms with Crippen molar-refractivity contribution in [1.29, 1.82) is 0 Å². The molecule has 2 aliphatic heterocycles. The van der Waals surface area contributed by atoms with E-state index in [1.807, 2.05) is 24.8 Å². The first-order valence-electron chi connectivity index (χ1n) is 11.4. The van der Waals surface area contributed by atoms with Gasteiger partial charge < -0.3 is 14.4 Å². The van der Waals surface area contributed by atoms with Crippen molar-refractivity contribution in [2.45, 2.75) is 18.9 Å². The van der Waals surface area contributed by atoms with Crippen molar-refractivity contribution in [2.24, 2.45) is 0 Å². The summed E-state index contributed by atoms with van der Waals surface area (Å²) in [6.07, 6.45) is 10.0. The summed E-state index contributed by atoms with van der Waals surface area (Å²) >= 11 is 1.79. The van der Waals surface area contributed by atoms with E-state index in [9.17, 15) is 0 Å². The Kier molecular flexibility index (Phi) is 5.60. The normalized spacial score (nSPS) is 18.8. The first-order chi connectivity index (χ1) is 15.9. The molecule has 0 unspecified atom stereocenters. The largest absolute Gasteiger partial charge is 0.379 e. The molecule has 0 saturated carbocycles. The van der Waals surface area contributed by atoms with Gasteiger partial charge in [-0.2, -0.15) is 0 Å². The minimum Gasteiger partial charge on any atom is -0.379 e. The minimum absolute atomic E-state index is 0.348.